The molecule has 6 nitrogen and oxygen atoms in total. The Morgan fingerprint density at radius 2 is 1.72 bits per heavy atom. The van der Waals surface area contributed by atoms with Crippen LogP contribution in [0.3, 0.4) is 0 Å². The van der Waals surface area contributed by atoms with Crippen LogP contribution in [0.15, 0.2) is 30.3 Å². The number of benzene rings is 1. The van der Waals surface area contributed by atoms with Crippen LogP contribution in [-0.4, -0.2) is 66.0 Å². The van der Waals surface area contributed by atoms with Crippen molar-refractivity contribution in [3.8, 4) is 0 Å². The number of carbonyl (C=O) groups excluding carboxylic acids is 1. The van der Waals surface area contributed by atoms with Crippen LogP contribution in [0, 0.1) is 0 Å². The average Bonchev–Trinajstić information content (AvgIpc) is 2.76. The van der Waals surface area contributed by atoms with Gasteiger partial charge in [0.2, 0.25) is 5.91 Å². The molecule has 1 amide bonds. The summed E-state index contributed by atoms with van der Waals surface area (Å²) < 4.78 is 5.39. The lowest BCUT2D eigenvalue weighted by Crippen LogP contribution is -2.52. The summed E-state index contributed by atoms with van der Waals surface area (Å²) in [4.78, 5) is 14.8. The third kappa shape index (κ3) is 8.83. The molecule has 1 fully saturated rings. The minimum absolute atomic E-state index is 0.396. The molecule has 2 rings (SSSR count). The quantitative estimate of drug-likeness (QED) is 0.439. The first-order valence-electron chi connectivity index (χ1n) is 11.1. The van der Waals surface area contributed by atoms with Gasteiger partial charge in [-0.2, -0.15) is 0 Å². The maximum atomic E-state index is 12.6. The molecule has 0 bridgehead atoms. The van der Waals surface area contributed by atoms with Crippen molar-refractivity contribution in [1.82, 2.24) is 10.2 Å². The highest BCUT2D eigenvalue weighted by molar-refractivity contribution is 5.80. The zero-order valence-corrected chi connectivity index (χ0v) is 17.8. The molecule has 1 aromatic carbocycles. The van der Waals surface area contributed by atoms with Crippen molar-refractivity contribution in [3.05, 3.63) is 35.9 Å². The van der Waals surface area contributed by atoms with Crippen LogP contribution < -0.4 is 5.32 Å². The summed E-state index contributed by atoms with van der Waals surface area (Å²) >= 11 is 0. The van der Waals surface area contributed by atoms with Crippen LogP contribution in [0.1, 0.15) is 63.5 Å². The molecule has 164 valence electrons. The van der Waals surface area contributed by atoms with E-state index in [2.05, 4.69) is 17.1 Å². The van der Waals surface area contributed by atoms with Crippen molar-refractivity contribution < 1.29 is 19.7 Å². The fraction of sp³-hybridized carbons (Fsp3) is 0.696. The zero-order chi connectivity index (χ0) is 20.9. The number of carbonyl (C=O) groups is 1. The number of hydrogen-bond donors (Lipinski definition) is 3. The van der Waals surface area contributed by atoms with E-state index in [4.69, 9.17) is 4.74 Å². The summed E-state index contributed by atoms with van der Waals surface area (Å²) in [5, 5.41) is 24.1. The Labute approximate surface area is 175 Å². The Kier molecular flexibility index (Phi) is 11.2. The van der Waals surface area contributed by atoms with E-state index in [-0.39, 0.29) is 0 Å². The predicted molar refractivity (Wildman–Crippen MR) is 115 cm³/mol. The van der Waals surface area contributed by atoms with Gasteiger partial charge in [0.15, 0.2) is 0 Å². The van der Waals surface area contributed by atoms with Crippen LogP contribution in [0.4, 0.5) is 0 Å². The summed E-state index contributed by atoms with van der Waals surface area (Å²) in [7, 11) is 0. The minimum Gasteiger partial charge on any atom is -0.386 e. The summed E-state index contributed by atoms with van der Waals surface area (Å²) in [6.45, 7) is 5.56. The lowest BCUT2D eigenvalue weighted by Gasteiger charge is -2.33. The van der Waals surface area contributed by atoms with Gasteiger partial charge in [-0.1, -0.05) is 75.8 Å². The Bertz CT molecular complexity index is 563. The second kappa shape index (κ2) is 13.7. The van der Waals surface area contributed by atoms with Crippen molar-refractivity contribution in [2.45, 2.75) is 70.1 Å². The molecule has 1 aromatic rings. The molecule has 3 atom stereocenters. The van der Waals surface area contributed by atoms with Crippen LogP contribution in [-0.2, 0) is 9.53 Å². The van der Waals surface area contributed by atoms with Gasteiger partial charge < -0.3 is 20.3 Å². The van der Waals surface area contributed by atoms with Crippen molar-refractivity contribution >= 4 is 5.91 Å². The van der Waals surface area contributed by atoms with Crippen LogP contribution >= 0.6 is 0 Å². The lowest BCUT2D eigenvalue weighted by atomic mass is 10.0. The first-order chi connectivity index (χ1) is 14.1. The van der Waals surface area contributed by atoms with E-state index >= 15 is 0 Å². The van der Waals surface area contributed by atoms with Crippen LogP contribution in [0.25, 0.3) is 0 Å². The maximum Gasteiger partial charge on any atom is 0.249 e. The van der Waals surface area contributed by atoms with Gasteiger partial charge in [0.25, 0.3) is 0 Å². The molecule has 1 aliphatic rings. The lowest BCUT2D eigenvalue weighted by molar-refractivity contribution is -0.131. The SMILES string of the molecule is CCCCCCCC[C@@H](O)C(=O)NC(CN1CCOCC1)[C@@H](O)c1ccccc1. The molecule has 0 radical (unpaired) electrons. The number of unbranched alkanes of at least 4 members (excludes halogenated alkanes) is 5. The number of nitrogens with zero attached hydrogens (tertiary/aromatic N) is 1. The maximum absolute atomic E-state index is 12.6. The van der Waals surface area contributed by atoms with Gasteiger partial charge in [-0.3, -0.25) is 9.69 Å². The second-order valence-corrected chi connectivity index (χ2v) is 7.96. The van der Waals surface area contributed by atoms with Gasteiger partial charge in [0.1, 0.15) is 12.2 Å². The molecule has 1 saturated heterocycles. The fourth-order valence-corrected chi connectivity index (χ4v) is 3.70. The van der Waals surface area contributed by atoms with Gasteiger partial charge >= 0.3 is 0 Å². The first kappa shape index (κ1) is 23.8. The Balaban J connectivity index is 1.88. The number of amides is 1. The number of hydrogen-bond acceptors (Lipinski definition) is 5. The van der Waals surface area contributed by atoms with E-state index in [1.807, 2.05) is 30.3 Å². The Hall–Kier alpha value is -1.47. The van der Waals surface area contributed by atoms with Gasteiger partial charge in [-0.15, -0.1) is 0 Å². The predicted octanol–water partition coefficient (Wildman–Crippen LogP) is 2.65. The molecule has 6 heteroatoms. The summed E-state index contributed by atoms with van der Waals surface area (Å²) in [6, 6.07) is 8.88. The molecule has 29 heavy (non-hydrogen) atoms. The number of nitrogens with one attached hydrogen (secondary N) is 1. The van der Waals surface area contributed by atoms with E-state index < -0.39 is 24.2 Å². The average molecular weight is 407 g/mol. The van der Waals surface area contributed by atoms with E-state index in [1.165, 1.54) is 19.3 Å². The zero-order valence-electron chi connectivity index (χ0n) is 17.8. The first-order valence-corrected chi connectivity index (χ1v) is 11.1. The largest absolute Gasteiger partial charge is 0.386 e. The molecule has 1 aliphatic heterocycles. The van der Waals surface area contributed by atoms with Crippen LogP contribution in [0.2, 0.25) is 0 Å². The Morgan fingerprint density at radius 3 is 2.41 bits per heavy atom. The van der Waals surface area contributed by atoms with E-state index in [1.54, 1.807) is 0 Å². The number of rotatable bonds is 13. The molecule has 0 aliphatic carbocycles. The monoisotopic (exact) mass is 406 g/mol. The molecule has 0 spiro atoms. The Morgan fingerprint density at radius 1 is 1.07 bits per heavy atom. The number of aliphatic hydroxyl groups is 2. The van der Waals surface area contributed by atoms with Gasteiger partial charge in [0, 0.05) is 19.6 Å². The van der Waals surface area contributed by atoms with E-state index in [0.29, 0.717) is 26.2 Å². The van der Waals surface area contributed by atoms with Crippen molar-refractivity contribution in [2.75, 3.05) is 32.8 Å². The highest BCUT2D eigenvalue weighted by Crippen LogP contribution is 2.18. The summed E-state index contributed by atoms with van der Waals surface area (Å²) in [5.74, 6) is -0.396. The van der Waals surface area contributed by atoms with E-state index in [9.17, 15) is 15.0 Å². The smallest absolute Gasteiger partial charge is 0.249 e. The van der Waals surface area contributed by atoms with Gasteiger partial charge in [-0.25, -0.2) is 0 Å². The van der Waals surface area contributed by atoms with Crippen molar-refractivity contribution in [2.24, 2.45) is 0 Å². The third-order valence-electron chi connectivity index (χ3n) is 5.54. The molecular weight excluding hydrogens is 368 g/mol. The number of ether oxygens (including phenoxy) is 1. The number of aliphatic hydroxyl groups excluding tert-OH is 2. The highest BCUT2D eigenvalue weighted by Gasteiger charge is 2.28. The van der Waals surface area contributed by atoms with Gasteiger partial charge in [0.05, 0.1) is 19.3 Å². The molecule has 0 aromatic heterocycles. The second-order valence-electron chi connectivity index (χ2n) is 7.96. The van der Waals surface area contributed by atoms with Crippen LogP contribution in [0.5, 0.6) is 0 Å². The third-order valence-corrected chi connectivity index (χ3v) is 5.54. The highest BCUT2D eigenvalue weighted by atomic mass is 16.5. The minimum atomic E-state index is -1.03. The summed E-state index contributed by atoms with van der Waals surface area (Å²) in [5.41, 5.74) is 0.761. The molecular formula is C23H38N2O4. The van der Waals surface area contributed by atoms with E-state index in [0.717, 1.165) is 37.9 Å². The molecule has 1 heterocycles. The van der Waals surface area contributed by atoms with Crippen molar-refractivity contribution in [1.29, 1.82) is 0 Å². The number of morpholine rings is 1. The normalized spacial score (nSPS) is 18.2. The standard InChI is InChI=1S/C23H38N2O4/c1-2-3-4-5-6-10-13-21(26)23(28)24-20(18-25-14-16-29-17-15-25)22(27)19-11-8-7-9-12-19/h7-9,11-12,20-22,26-27H,2-6,10,13-18H2,1H3,(H,24,28)/t20?,21-,22+/m1/s1. The van der Waals surface area contributed by atoms with Crippen molar-refractivity contribution in [3.63, 3.8) is 0 Å². The molecule has 0 saturated carbocycles. The van der Waals surface area contributed by atoms with Gasteiger partial charge in [-0.05, 0) is 12.0 Å². The summed E-state index contributed by atoms with van der Waals surface area (Å²) in [6.07, 6.45) is 5.28. The molecule has 1 unspecified atom stereocenters. The molecule has 3 N–H and O–H groups in total. The topological polar surface area (TPSA) is 82.0 Å². The fourth-order valence-electron chi connectivity index (χ4n) is 3.70.